The standard InChI is InChI=1S/C16H27NO/c1-4-11-17-16(13(2)3)10-6-8-14-7-5-9-15(18)12-14/h5,7,9,12-13,16-18H,4,6,8,10-11H2,1-3H3. The van der Waals surface area contributed by atoms with Crippen LogP contribution in [-0.2, 0) is 6.42 Å². The van der Waals surface area contributed by atoms with Crippen molar-refractivity contribution in [3.63, 3.8) is 0 Å². The average molecular weight is 249 g/mol. The summed E-state index contributed by atoms with van der Waals surface area (Å²) in [6.45, 7) is 7.87. The number of nitrogens with one attached hydrogen (secondary N) is 1. The molecule has 0 aliphatic rings. The van der Waals surface area contributed by atoms with E-state index in [0.717, 1.165) is 13.0 Å². The summed E-state index contributed by atoms with van der Waals surface area (Å²) in [7, 11) is 0. The lowest BCUT2D eigenvalue weighted by atomic mass is 9.96. The maximum Gasteiger partial charge on any atom is 0.115 e. The molecule has 1 rings (SSSR count). The number of aromatic hydroxyl groups is 1. The van der Waals surface area contributed by atoms with Crippen LogP contribution < -0.4 is 5.32 Å². The van der Waals surface area contributed by atoms with E-state index in [2.05, 4.69) is 32.2 Å². The first-order valence-electron chi connectivity index (χ1n) is 7.14. The molecular weight excluding hydrogens is 222 g/mol. The third-order valence-corrected chi connectivity index (χ3v) is 3.35. The maximum absolute atomic E-state index is 9.41. The molecule has 0 bridgehead atoms. The highest BCUT2D eigenvalue weighted by molar-refractivity contribution is 5.27. The van der Waals surface area contributed by atoms with Crippen molar-refractivity contribution < 1.29 is 5.11 Å². The highest BCUT2D eigenvalue weighted by atomic mass is 16.3. The van der Waals surface area contributed by atoms with Crippen molar-refractivity contribution >= 4 is 0 Å². The van der Waals surface area contributed by atoms with Gasteiger partial charge in [-0.2, -0.15) is 0 Å². The van der Waals surface area contributed by atoms with Gasteiger partial charge in [0.1, 0.15) is 5.75 Å². The number of hydrogen-bond acceptors (Lipinski definition) is 2. The third-order valence-electron chi connectivity index (χ3n) is 3.35. The second-order valence-electron chi connectivity index (χ2n) is 5.37. The van der Waals surface area contributed by atoms with Crippen LogP contribution in [-0.4, -0.2) is 17.7 Å². The molecule has 0 radical (unpaired) electrons. The van der Waals surface area contributed by atoms with Gasteiger partial charge in [0.05, 0.1) is 0 Å². The van der Waals surface area contributed by atoms with Gasteiger partial charge in [-0.15, -0.1) is 0 Å². The summed E-state index contributed by atoms with van der Waals surface area (Å²) < 4.78 is 0. The van der Waals surface area contributed by atoms with Gasteiger partial charge in [0.25, 0.3) is 0 Å². The first-order chi connectivity index (χ1) is 8.63. The van der Waals surface area contributed by atoms with Crippen LogP contribution in [0.3, 0.4) is 0 Å². The van der Waals surface area contributed by atoms with Crippen molar-refractivity contribution in [3.8, 4) is 5.75 Å². The summed E-state index contributed by atoms with van der Waals surface area (Å²) >= 11 is 0. The highest BCUT2D eigenvalue weighted by Crippen LogP contribution is 2.15. The summed E-state index contributed by atoms with van der Waals surface area (Å²) in [5.74, 6) is 1.05. The topological polar surface area (TPSA) is 32.3 Å². The van der Waals surface area contributed by atoms with Crippen LogP contribution in [0.2, 0.25) is 0 Å². The fraction of sp³-hybridized carbons (Fsp3) is 0.625. The molecule has 1 aromatic rings. The average Bonchev–Trinajstić information content (AvgIpc) is 2.33. The summed E-state index contributed by atoms with van der Waals surface area (Å²) in [5.41, 5.74) is 1.23. The molecule has 0 saturated heterocycles. The fourth-order valence-electron chi connectivity index (χ4n) is 2.24. The van der Waals surface area contributed by atoms with Crippen LogP contribution >= 0.6 is 0 Å². The Morgan fingerprint density at radius 3 is 2.67 bits per heavy atom. The molecule has 2 nitrogen and oxygen atoms in total. The molecule has 0 saturated carbocycles. The number of phenolic OH excluding ortho intramolecular Hbond substituents is 1. The SMILES string of the molecule is CCCNC(CCCc1cccc(O)c1)C(C)C. The first-order valence-corrected chi connectivity index (χ1v) is 7.14. The van der Waals surface area contributed by atoms with Crippen LogP contribution in [0.15, 0.2) is 24.3 Å². The highest BCUT2D eigenvalue weighted by Gasteiger charge is 2.11. The van der Waals surface area contributed by atoms with E-state index in [9.17, 15) is 5.11 Å². The Morgan fingerprint density at radius 1 is 1.28 bits per heavy atom. The van der Waals surface area contributed by atoms with Crippen molar-refractivity contribution in [2.24, 2.45) is 5.92 Å². The predicted octanol–water partition coefficient (Wildman–Crippen LogP) is 3.74. The van der Waals surface area contributed by atoms with Crippen molar-refractivity contribution in [1.29, 1.82) is 0 Å². The van der Waals surface area contributed by atoms with Crippen LogP contribution in [0, 0.1) is 5.92 Å². The number of rotatable bonds is 8. The molecule has 1 atom stereocenters. The Balaban J connectivity index is 2.34. The molecule has 2 N–H and O–H groups in total. The Labute approximate surface area is 111 Å². The van der Waals surface area contributed by atoms with Gasteiger partial charge in [-0.3, -0.25) is 0 Å². The van der Waals surface area contributed by atoms with E-state index in [1.165, 1.54) is 24.8 Å². The molecule has 102 valence electrons. The zero-order chi connectivity index (χ0) is 13.4. The summed E-state index contributed by atoms with van der Waals surface area (Å²) in [6, 6.07) is 8.21. The lowest BCUT2D eigenvalue weighted by Gasteiger charge is -2.22. The fourth-order valence-corrected chi connectivity index (χ4v) is 2.24. The van der Waals surface area contributed by atoms with Gasteiger partial charge in [-0.25, -0.2) is 0 Å². The van der Waals surface area contributed by atoms with E-state index >= 15 is 0 Å². The smallest absolute Gasteiger partial charge is 0.115 e. The van der Waals surface area contributed by atoms with Gasteiger partial charge in [-0.1, -0.05) is 32.9 Å². The lowest BCUT2D eigenvalue weighted by molar-refractivity contribution is 0.370. The second-order valence-corrected chi connectivity index (χ2v) is 5.37. The number of phenols is 1. The normalized spacial score (nSPS) is 12.9. The molecule has 0 amide bonds. The molecule has 1 aromatic carbocycles. The molecule has 2 heteroatoms. The molecule has 0 heterocycles. The van der Waals surface area contributed by atoms with E-state index in [-0.39, 0.29) is 0 Å². The molecule has 0 spiro atoms. The van der Waals surface area contributed by atoms with Crippen molar-refractivity contribution in [2.75, 3.05) is 6.54 Å². The first kappa shape index (κ1) is 15.0. The summed E-state index contributed by atoms with van der Waals surface area (Å²) in [4.78, 5) is 0. The minimum Gasteiger partial charge on any atom is -0.508 e. The van der Waals surface area contributed by atoms with E-state index in [1.54, 1.807) is 6.07 Å². The Hall–Kier alpha value is -1.02. The zero-order valence-corrected chi connectivity index (χ0v) is 11.9. The predicted molar refractivity (Wildman–Crippen MR) is 78.0 cm³/mol. The van der Waals surface area contributed by atoms with Crippen molar-refractivity contribution in [1.82, 2.24) is 5.32 Å². The van der Waals surface area contributed by atoms with E-state index in [4.69, 9.17) is 0 Å². The summed E-state index contributed by atoms with van der Waals surface area (Å²) in [6.07, 6.45) is 4.61. The number of aryl methyl sites for hydroxylation is 1. The monoisotopic (exact) mass is 249 g/mol. The van der Waals surface area contributed by atoms with Crippen molar-refractivity contribution in [3.05, 3.63) is 29.8 Å². The molecule has 0 fully saturated rings. The van der Waals surface area contributed by atoms with Crippen molar-refractivity contribution in [2.45, 2.75) is 52.5 Å². The van der Waals surface area contributed by atoms with Crippen LogP contribution in [0.25, 0.3) is 0 Å². The third kappa shape index (κ3) is 5.54. The Bertz CT molecular complexity index is 336. The van der Waals surface area contributed by atoms with Gasteiger partial charge in [0.15, 0.2) is 0 Å². The van der Waals surface area contributed by atoms with Gasteiger partial charge >= 0.3 is 0 Å². The maximum atomic E-state index is 9.41. The molecule has 18 heavy (non-hydrogen) atoms. The van der Waals surface area contributed by atoms with Gasteiger partial charge in [0.2, 0.25) is 0 Å². The van der Waals surface area contributed by atoms with Gasteiger partial charge in [0, 0.05) is 6.04 Å². The van der Waals surface area contributed by atoms with Gasteiger partial charge < -0.3 is 10.4 Å². The molecule has 0 aliphatic carbocycles. The lowest BCUT2D eigenvalue weighted by Crippen LogP contribution is -2.34. The molecular formula is C16H27NO. The van der Waals surface area contributed by atoms with Crippen LogP contribution in [0.4, 0.5) is 0 Å². The van der Waals surface area contributed by atoms with Gasteiger partial charge in [-0.05, 0) is 55.8 Å². The van der Waals surface area contributed by atoms with E-state index < -0.39 is 0 Å². The summed E-state index contributed by atoms with van der Waals surface area (Å²) in [5, 5.41) is 13.0. The molecule has 0 aliphatic heterocycles. The minimum absolute atomic E-state index is 0.372. The number of hydrogen-bond donors (Lipinski definition) is 2. The second kappa shape index (κ2) is 8.15. The van der Waals surface area contributed by atoms with E-state index in [1.807, 2.05) is 12.1 Å². The quantitative estimate of drug-likeness (QED) is 0.735. The zero-order valence-electron chi connectivity index (χ0n) is 11.9. The van der Waals surface area contributed by atoms with E-state index in [0.29, 0.717) is 17.7 Å². The van der Waals surface area contributed by atoms with Crippen LogP contribution in [0.5, 0.6) is 5.75 Å². The largest absolute Gasteiger partial charge is 0.508 e. The Kier molecular flexibility index (Phi) is 6.81. The number of benzene rings is 1. The molecule has 0 aromatic heterocycles. The Morgan fingerprint density at radius 2 is 2.06 bits per heavy atom. The minimum atomic E-state index is 0.372. The van der Waals surface area contributed by atoms with Crippen LogP contribution in [0.1, 0.15) is 45.6 Å². The molecule has 1 unspecified atom stereocenters.